The number of aromatic nitrogens is 2. The number of aryl methyl sites for hydroxylation is 1. The van der Waals surface area contributed by atoms with Crippen molar-refractivity contribution in [3.05, 3.63) is 41.2 Å². The van der Waals surface area contributed by atoms with Crippen LogP contribution >= 0.6 is 11.8 Å². The molecule has 0 aliphatic heterocycles. The third-order valence-corrected chi connectivity index (χ3v) is 4.31. The Balaban J connectivity index is 2.38. The van der Waals surface area contributed by atoms with Crippen LogP contribution in [0.2, 0.25) is 0 Å². The minimum Gasteiger partial charge on any atom is -0.370 e. The normalized spacial score (nSPS) is 11.0. The molecule has 21 heavy (non-hydrogen) atoms. The number of nitrogens with one attached hydrogen (secondary N) is 1. The fourth-order valence-corrected chi connectivity index (χ4v) is 2.81. The van der Waals surface area contributed by atoms with Gasteiger partial charge in [0.1, 0.15) is 16.7 Å². The van der Waals surface area contributed by atoms with Gasteiger partial charge in [0.05, 0.1) is 0 Å². The molecule has 0 bridgehead atoms. The Kier molecular flexibility index (Phi) is 5.23. The Morgan fingerprint density at radius 2 is 1.76 bits per heavy atom. The van der Waals surface area contributed by atoms with E-state index in [4.69, 9.17) is 4.98 Å². The van der Waals surface area contributed by atoms with E-state index in [-0.39, 0.29) is 0 Å². The highest BCUT2D eigenvalue weighted by molar-refractivity contribution is 7.99. The number of anilines is 1. The molecule has 0 atom stereocenters. The Morgan fingerprint density at radius 1 is 1.10 bits per heavy atom. The smallest absolute Gasteiger partial charge is 0.134 e. The summed E-state index contributed by atoms with van der Waals surface area (Å²) in [5.74, 6) is 2.16. The first-order chi connectivity index (χ1) is 10.0. The Labute approximate surface area is 131 Å². The Morgan fingerprint density at radius 3 is 2.33 bits per heavy atom. The summed E-state index contributed by atoms with van der Waals surface area (Å²) in [6, 6.07) is 8.55. The highest BCUT2D eigenvalue weighted by Crippen LogP contribution is 2.32. The Hall–Kier alpha value is -1.55. The lowest BCUT2D eigenvalue weighted by Crippen LogP contribution is -2.08. The highest BCUT2D eigenvalue weighted by Gasteiger charge is 2.13. The minimum absolute atomic E-state index is 0.320. The molecule has 0 aliphatic rings. The number of hydrogen-bond donors (Lipinski definition) is 1. The third kappa shape index (κ3) is 3.97. The second-order valence-electron chi connectivity index (χ2n) is 5.46. The van der Waals surface area contributed by atoms with Crippen LogP contribution in [0.5, 0.6) is 0 Å². The second-order valence-corrected chi connectivity index (χ2v) is 6.52. The van der Waals surface area contributed by atoms with E-state index in [0.717, 1.165) is 28.8 Å². The molecule has 1 heterocycles. The lowest BCUT2D eigenvalue weighted by molar-refractivity contribution is 0.748. The SMILES string of the molecule is CCNc1nc(C(C)C)nc(Sc2ccc(C)cc2)c1C. The van der Waals surface area contributed by atoms with Crippen molar-refractivity contribution < 1.29 is 0 Å². The van der Waals surface area contributed by atoms with Crippen molar-refractivity contribution in [2.45, 2.75) is 50.5 Å². The van der Waals surface area contributed by atoms with Crippen molar-refractivity contribution in [2.75, 3.05) is 11.9 Å². The van der Waals surface area contributed by atoms with Gasteiger partial charge in [-0.05, 0) is 32.9 Å². The topological polar surface area (TPSA) is 37.8 Å². The van der Waals surface area contributed by atoms with Gasteiger partial charge in [-0.15, -0.1) is 0 Å². The molecule has 3 nitrogen and oxygen atoms in total. The van der Waals surface area contributed by atoms with Crippen LogP contribution in [0.1, 0.15) is 43.6 Å². The van der Waals surface area contributed by atoms with Gasteiger partial charge in [-0.25, -0.2) is 9.97 Å². The summed E-state index contributed by atoms with van der Waals surface area (Å²) in [5.41, 5.74) is 2.39. The molecular formula is C17H23N3S. The maximum absolute atomic E-state index is 4.74. The molecular weight excluding hydrogens is 278 g/mol. The van der Waals surface area contributed by atoms with Gasteiger partial charge in [0, 0.05) is 22.9 Å². The summed E-state index contributed by atoms with van der Waals surface area (Å²) in [5, 5.41) is 4.38. The molecule has 0 saturated heterocycles. The van der Waals surface area contributed by atoms with Crippen molar-refractivity contribution in [2.24, 2.45) is 0 Å². The molecule has 1 aromatic carbocycles. The van der Waals surface area contributed by atoms with E-state index in [9.17, 15) is 0 Å². The molecule has 0 amide bonds. The lowest BCUT2D eigenvalue weighted by atomic mass is 10.2. The van der Waals surface area contributed by atoms with Gasteiger partial charge < -0.3 is 5.32 Å². The first kappa shape index (κ1) is 15.8. The van der Waals surface area contributed by atoms with E-state index in [1.54, 1.807) is 11.8 Å². The lowest BCUT2D eigenvalue weighted by Gasteiger charge is -2.14. The van der Waals surface area contributed by atoms with Gasteiger partial charge in [0.2, 0.25) is 0 Å². The first-order valence-corrected chi connectivity index (χ1v) is 8.19. The van der Waals surface area contributed by atoms with Gasteiger partial charge in [0.15, 0.2) is 0 Å². The molecule has 0 unspecified atom stereocenters. The standard InChI is InChI=1S/C17H23N3S/c1-6-18-16-13(5)17(20-15(19-16)11(2)3)21-14-9-7-12(4)8-10-14/h7-11H,6H2,1-5H3,(H,18,19,20). The zero-order valence-electron chi connectivity index (χ0n) is 13.4. The average Bonchev–Trinajstić information content (AvgIpc) is 2.45. The van der Waals surface area contributed by atoms with Crippen LogP contribution in [0.25, 0.3) is 0 Å². The molecule has 1 aromatic heterocycles. The molecule has 1 N–H and O–H groups in total. The van der Waals surface area contributed by atoms with Gasteiger partial charge in [-0.1, -0.05) is 43.3 Å². The van der Waals surface area contributed by atoms with Crippen molar-refractivity contribution in [1.82, 2.24) is 9.97 Å². The third-order valence-electron chi connectivity index (χ3n) is 3.21. The minimum atomic E-state index is 0.320. The zero-order valence-corrected chi connectivity index (χ0v) is 14.2. The molecule has 0 fully saturated rings. The summed E-state index contributed by atoms with van der Waals surface area (Å²) in [7, 11) is 0. The maximum atomic E-state index is 4.74. The van der Waals surface area contributed by atoms with Crippen molar-refractivity contribution in [1.29, 1.82) is 0 Å². The van der Waals surface area contributed by atoms with Gasteiger partial charge in [-0.3, -0.25) is 0 Å². The highest BCUT2D eigenvalue weighted by atomic mass is 32.2. The molecule has 0 spiro atoms. The van der Waals surface area contributed by atoms with Crippen molar-refractivity contribution in [3.63, 3.8) is 0 Å². The summed E-state index contributed by atoms with van der Waals surface area (Å²) < 4.78 is 0. The average molecular weight is 301 g/mol. The van der Waals surface area contributed by atoms with E-state index in [0.29, 0.717) is 5.92 Å². The van der Waals surface area contributed by atoms with E-state index in [1.165, 1.54) is 10.5 Å². The van der Waals surface area contributed by atoms with Crippen molar-refractivity contribution >= 4 is 17.6 Å². The number of nitrogens with zero attached hydrogens (tertiary/aromatic N) is 2. The van der Waals surface area contributed by atoms with Crippen LogP contribution in [0.15, 0.2) is 34.2 Å². The quantitative estimate of drug-likeness (QED) is 0.805. The number of benzene rings is 1. The van der Waals surface area contributed by atoms with Gasteiger partial charge >= 0.3 is 0 Å². The Bertz CT molecular complexity index is 606. The molecule has 2 rings (SSSR count). The summed E-state index contributed by atoms with van der Waals surface area (Å²) >= 11 is 1.70. The number of rotatable bonds is 5. The van der Waals surface area contributed by atoms with Crippen LogP contribution in [0.4, 0.5) is 5.82 Å². The fraction of sp³-hybridized carbons (Fsp3) is 0.412. The molecule has 0 saturated carbocycles. The maximum Gasteiger partial charge on any atom is 0.134 e. The summed E-state index contributed by atoms with van der Waals surface area (Å²) in [6.07, 6.45) is 0. The molecule has 2 aromatic rings. The van der Waals surface area contributed by atoms with Gasteiger partial charge in [-0.2, -0.15) is 0 Å². The molecule has 4 heteroatoms. The van der Waals surface area contributed by atoms with Gasteiger partial charge in [0.25, 0.3) is 0 Å². The summed E-state index contributed by atoms with van der Waals surface area (Å²) in [6.45, 7) is 11.4. The van der Waals surface area contributed by atoms with E-state index < -0.39 is 0 Å². The molecule has 0 aliphatic carbocycles. The molecule has 112 valence electrons. The monoisotopic (exact) mass is 301 g/mol. The molecule has 0 radical (unpaired) electrons. The predicted octanol–water partition coefficient (Wildman–Crippen LogP) is 4.80. The van der Waals surface area contributed by atoms with E-state index in [1.807, 2.05) is 0 Å². The second kappa shape index (κ2) is 6.94. The van der Waals surface area contributed by atoms with E-state index in [2.05, 4.69) is 69.2 Å². The van der Waals surface area contributed by atoms with Crippen LogP contribution in [0, 0.1) is 13.8 Å². The largest absolute Gasteiger partial charge is 0.370 e. The summed E-state index contributed by atoms with van der Waals surface area (Å²) in [4.78, 5) is 10.6. The van der Waals surface area contributed by atoms with Crippen LogP contribution in [-0.4, -0.2) is 16.5 Å². The van der Waals surface area contributed by atoms with E-state index >= 15 is 0 Å². The fourth-order valence-electron chi connectivity index (χ4n) is 1.93. The predicted molar refractivity (Wildman–Crippen MR) is 90.3 cm³/mol. The number of hydrogen-bond acceptors (Lipinski definition) is 4. The van der Waals surface area contributed by atoms with Crippen molar-refractivity contribution in [3.8, 4) is 0 Å². The van der Waals surface area contributed by atoms with Crippen LogP contribution in [-0.2, 0) is 0 Å². The van der Waals surface area contributed by atoms with Crippen LogP contribution < -0.4 is 5.32 Å². The zero-order chi connectivity index (χ0) is 15.4. The first-order valence-electron chi connectivity index (χ1n) is 7.38. The van der Waals surface area contributed by atoms with Crippen LogP contribution in [0.3, 0.4) is 0 Å².